The summed E-state index contributed by atoms with van der Waals surface area (Å²) in [7, 11) is 0. The molecule has 0 bridgehead atoms. The van der Waals surface area contributed by atoms with Crippen LogP contribution in [0, 0.1) is 24.4 Å². The molecule has 0 spiro atoms. The summed E-state index contributed by atoms with van der Waals surface area (Å²) >= 11 is 0. The Kier molecular flexibility index (Phi) is 9.57. The van der Waals surface area contributed by atoms with Crippen LogP contribution in [0.5, 0.6) is 0 Å². The van der Waals surface area contributed by atoms with Gasteiger partial charge in [-0.2, -0.15) is 13.2 Å². The smallest absolute Gasteiger partial charge is 0.379 e. The first-order valence-electron chi connectivity index (χ1n) is 9.67. The van der Waals surface area contributed by atoms with E-state index in [1.165, 1.54) is 12.1 Å². The quantitative estimate of drug-likeness (QED) is 0.313. The van der Waals surface area contributed by atoms with Crippen molar-refractivity contribution in [2.45, 2.75) is 26.3 Å². The maximum absolute atomic E-state index is 13.8. The summed E-state index contributed by atoms with van der Waals surface area (Å²) in [6.45, 7) is -2.61. The van der Waals surface area contributed by atoms with E-state index in [-0.39, 0.29) is 35.5 Å². The molecule has 0 aliphatic heterocycles. The first-order chi connectivity index (χ1) is 16.0. The van der Waals surface area contributed by atoms with Gasteiger partial charge in [-0.25, -0.2) is 18.0 Å². The van der Waals surface area contributed by atoms with Gasteiger partial charge in [-0.15, -0.1) is 0 Å². The van der Waals surface area contributed by atoms with Crippen molar-refractivity contribution in [2.24, 2.45) is 0 Å². The van der Waals surface area contributed by atoms with E-state index in [4.69, 9.17) is 9.52 Å². The average molecular weight is 493 g/mol. The molecule has 34 heavy (non-hydrogen) atoms. The van der Waals surface area contributed by atoms with Crippen molar-refractivity contribution >= 4 is 28.4 Å². The molecule has 13 heteroatoms. The Balaban J connectivity index is 0.000000945. The maximum Gasteiger partial charge on any atom is 0.379 e. The van der Waals surface area contributed by atoms with Crippen LogP contribution in [-0.4, -0.2) is 42.2 Å². The second kappa shape index (κ2) is 12.1. The minimum Gasteiger partial charge on any atom is -0.456 e. The predicted octanol–water partition coefficient (Wildman–Crippen LogP) is 4.42. The van der Waals surface area contributed by atoms with Gasteiger partial charge in [0.1, 0.15) is 17.4 Å². The summed E-state index contributed by atoms with van der Waals surface area (Å²) in [6.07, 6.45) is -1.02. The summed E-state index contributed by atoms with van der Waals surface area (Å²) in [5, 5.41) is 26.1. The number of aliphatic hydroxyl groups is 2. The maximum atomic E-state index is 13.8. The summed E-state index contributed by atoms with van der Waals surface area (Å²) < 4.78 is 75.4. The third-order valence-electron chi connectivity index (χ3n) is 4.37. The molecular formula is C21H21F6N3O4. The molecule has 2 aromatic carbocycles. The van der Waals surface area contributed by atoms with Crippen LogP contribution in [0.3, 0.4) is 0 Å². The molecule has 3 rings (SSSR count). The largest absolute Gasteiger partial charge is 0.456 e. The van der Waals surface area contributed by atoms with Crippen LogP contribution in [0.2, 0.25) is 0 Å². The number of carbonyl (C=O) groups is 1. The van der Waals surface area contributed by atoms with E-state index in [9.17, 15) is 36.2 Å². The Morgan fingerprint density at radius 3 is 2.29 bits per heavy atom. The van der Waals surface area contributed by atoms with Gasteiger partial charge in [0.15, 0.2) is 11.4 Å². The van der Waals surface area contributed by atoms with E-state index >= 15 is 0 Å². The molecule has 0 radical (unpaired) electrons. The van der Waals surface area contributed by atoms with Gasteiger partial charge >= 0.3 is 12.7 Å². The SMILES string of the molecule is Cc1c(CNC(=O)Nc2cc(F)cc(NCC(O)CO)c2)oc2c(F)cc(F)cc12.FC(F)F. The summed E-state index contributed by atoms with van der Waals surface area (Å²) in [6, 6.07) is 4.89. The van der Waals surface area contributed by atoms with E-state index in [0.717, 1.165) is 12.1 Å². The monoisotopic (exact) mass is 493 g/mol. The van der Waals surface area contributed by atoms with Gasteiger partial charge in [0.2, 0.25) is 0 Å². The van der Waals surface area contributed by atoms with Crippen LogP contribution in [0.15, 0.2) is 34.7 Å². The number of alkyl halides is 3. The molecule has 0 saturated carbocycles. The van der Waals surface area contributed by atoms with Gasteiger partial charge in [0.25, 0.3) is 0 Å². The Morgan fingerprint density at radius 1 is 1.03 bits per heavy atom. The second-order valence-electron chi connectivity index (χ2n) is 6.92. The van der Waals surface area contributed by atoms with E-state index in [0.29, 0.717) is 17.3 Å². The molecule has 7 nitrogen and oxygen atoms in total. The van der Waals surface area contributed by atoms with Crippen LogP contribution in [0.4, 0.5) is 42.5 Å². The van der Waals surface area contributed by atoms with Crippen molar-refractivity contribution < 1.29 is 45.8 Å². The summed E-state index contributed by atoms with van der Waals surface area (Å²) in [5.74, 6) is -1.94. The predicted molar refractivity (Wildman–Crippen MR) is 112 cm³/mol. The zero-order chi connectivity index (χ0) is 25.4. The molecule has 1 atom stereocenters. The molecule has 1 aromatic heterocycles. The van der Waals surface area contributed by atoms with Crippen molar-refractivity contribution in [1.29, 1.82) is 0 Å². The van der Waals surface area contributed by atoms with Crippen molar-refractivity contribution in [1.82, 2.24) is 5.32 Å². The fourth-order valence-electron chi connectivity index (χ4n) is 2.86. The number of halogens is 6. The highest BCUT2D eigenvalue weighted by atomic mass is 19.4. The number of urea groups is 1. The first-order valence-corrected chi connectivity index (χ1v) is 9.67. The van der Waals surface area contributed by atoms with Gasteiger partial charge in [-0.1, -0.05) is 0 Å². The number of rotatable bonds is 7. The fraction of sp³-hybridized carbons (Fsp3) is 0.286. The van der Waals surface area contributed by atoms with E-state index in [2.05, 4.69) is 16.0 Å². The Hall–Kier alpha value is -3.45. The number of hydrogen-bond donors (Lipinski definition) is 5. The fourth-order valence-corrected chi connectivity index (χ4v) is 2.86. The van der Waals surface area contributed by atoms with Gasteiger partial charge in [-0.05, 0) is 31.2 Å². The zero-order valence-corrected chi connectivity index (χ0v) is 17.6. The molecule has 1 unspecified atom stereocenters. The number of furan rings is 1. The molecule has 1 heterocycles. The van der Waals surface area contributed by atoms with Crippen LogP contribution >= 0.6 is 0 Å². The Bertz CT molecular complexity index is 1120. The topological polar surface area (TPSA) is 107 Å². The normalized spacial score (nSPS) is 11.7. The number of fused-ring (bicyclic) bond motifs is 1. The molecule has 5 N–H and O–H groups in total. The van der Waals surface area contributed by atoms with Gasteiger partial charge < -0.3 is 30.6 Å². The number of nitrogens with one attached hydrogen (secondary N) is 3. The van der Waals surface area contributed by atoms with Gasteiger partial charge in [0, 0.05) is 34.9 Å². The lowest BCUT2D eigenvalue weighted by atomic mass is 10.1. The Labute approximate surface area is 189 Å². The molecule has 0 saturated heterocycles. The third-order valence-corrected chi connectivity index (χ3v) is 4.37. The van der Waals surface area contributed by atoms with Crippen LogP contribution in [-0.2, 0) is 6.54 Å². The summed E-state index contributed by atoms with van der Waals surface area (Å²) in [4.78, 5) is 12.2. The van der Waals surface area contributed by atoms with Crippen LogP contribution in [0.25, 0.3) is 11.0 Å². The molecule has 3 aromatic rings. The van der Waals surface area contributed by atoms with Gasteiger partial charge in [0.05, 0.1) is 19.3 Å². The van der Waals surface area contributed by atoms with E-state index in [1.54, 1.807) is 6.92 Å². The third kappa shape index (κ3) is 7.85. The van der Waals surface area contributed by atoms with Crippen LogP contribution < -0.4 is 16.0 Å². The molecule has 0 aliphatic rings. The Morgan fingerprint density at radius 2 is 1.65 bits per heavy atom. The number of benzene rings is 2. The number of aryl methyl sites for hydroxylation is 1. The molecular weight excluding hydrogens is 472 g/mol. The summed E-state index contributed by atoms with van der Waals surface area (Å²) in [5.41, 5.74) is 0.826. The second-order valence-corrected chi connectivity index (χ2v) is 6.92. The highest BCUT2D eigenvalue weighted by Gasteiger charge is 2.16. The lowest BCUT2D eigenvalue weighted by molar-refractivity contribution is 0.00818. The highest BCUT2D eigenvalue weighted by molar-refractivity contribution is 5.90. The van der Waals surface area contributed by atoms with Crippen molar-refractivity contribution in [3.8, 4) is 0 Å². The molecule has 186 valence electrons. The number of carbonyl (C=O) groups excluding carboxylic acids is 1. The first kappa shape index (κ1) is 26.8. The molecule has 2 amide bonds. The minimum absolute atomic E-state index is 0.00588. The van der Waals surface area contributed by atoms with E-state index < -0.39 is 42.9 Å². The lowest BCUT2D eigenvalue weighted by Crippen LogP contribution is -2.28. The number of hydrogen-bond acceptors (Lipinski definition) is 5. The lowest BCUT2D eigenvalue weighted by Gasteiger charge is -2.12. The molecule has 0 aliphatic carbocycles. The van der Waals surface area contributed by atoms with Crippen LogP contribution in [0.1, 0.15) is 11.3 Å². The van der Waals surface area contributed by atoms with Crippen molar-refractivity contribution in [3.63, 3.8) is 0 Å². The van der Waals surface area contributed by atoms with E-state index in [1.807, 2.05) is 0 Å². The van der Waals surface area contributed by atoms with Crippen molar-refractivity contribution in [2.75, 3.05) is 23.8 Å². The molecule has 0 fully saturated rings. The minimum atomic E-state index is -3.67. The number of anilines is 2. The number of aliphatic hydroxyl groups excluding tert-OH is 2. The van der Waals surface area contributed by atoms with Crippen molar-refractivity contribution in [3.05, 3.63) is 59.1 Å². The van der Waals surface area contributed by atoms with Gasteiger partial charge in [-0.3, -0.25) is 0 Å². The standard InChI is InChI=1S/C20H20F3N3O4.CHF3/c1-10-16-4-12(22)5-17(23)19(16)30-18(10)8-25-20(29)26-14-3-11(21)2-13(6-14)24-7-15(28)9-27;2-1(3)4/h2-6,15,24,27-28H,7-9H2,1H3,(H2,25,26,29);1H. The highest BCUT2D eigenvalue weighted by Crippen LogP contribution is 2.28. The zero-order valence-electron chi connectivity index (χ0n) is 17.6. The number of amides is 2. The average Bonchev–Trinajstić information content (AvgIpc) is 3.05.